The Balaban J connectivity index is 1.85. The van der Waals surface area contributed by atoms with Crippen LogP contribution in [0.5, 0.6) is 0 Å². The number of methoxy groups -OCH3 is 1. The van der Waals surface area contributed by atoms with Crippen molar-refractivity contribution >= 4 is 5.95 Å². The zero-order valence-corrected chi connectivity index (χ0v) is 18.6. The van der Waals surface area contributed by atoms with E-state index < -0.39 is 0 Å². The molecule has 0 bridgehead atoms. The fourth-order valence-electron chi connectivity index (χ4n) is 4.33. The number of piperidine rings is 1. The third-order valence-corrected chi connectivity index (χ3v) is 5.78. The van der Waals surface area contributed by atoms with Gasteiger partial charge in [-0.3, -0.25) is 9.48 Å². The predicted octanol–water partition coefficient (Wildman–Crippen LogP) is 2.82. The molecule has 2 aromatic heterocycles. The Kier molecular flexibility index (Phi) is 6.66. The van der Waals surface area contributed by atoms with Crippen LogP contribution in [-0.2, 0) is 11.8 Å². The van der Waals surface area contributed by atoms with Crippen molar-refractivity contribution in [2.75, 3.05) is 32.1 Å². The average Bonchev–Trinajstić information content (AvgIpc) is 3.05. The Bertz CT molecular complexity index is 1120. The second-order valence-electron chi connectivity index (χ2n) is 8.15. The number of hydrogen-bond acceptors (Lipinski definition) is 6. The highest BCUT2D eigenvalue weighted by Crippen LogP contribution is 2.31. The molecule has 1 fully saturated rings. The van der Waals surface area contributed by atoms with Crippen LogP contribution in [0.2, 0.25) is 0 Å². The minimum absolute atomic E-state index is 0.0231. The van der Waals surface area contributed by atoms with E-state index in [-0.39, 0.29) is 23.5 Å². The van der Waals surface area contributed by atoms with E-state index in [1.807, 2.05) is 23.3 Å². The molecule has 1 aliphatic rings. The van der Waals surface area contributed by atoms with E-state index in [1.165, 1.54) is 12.1 Å². The van der Waals surface area contributed by atoms with Crippen LogP contribution in [0, 0.1) is 5.82 Å². The van der Waals surface area contributed by atoms with E-state index in [2.05, 4.69) is 15.6 Å². The van der Waals surface area contributed by atoms with Gasteiger partial charge in [-0.1, -0.05) is 12.1 Å². The molecule has 0 aliphatic carbocycles. The number of halogens is 1. The average molecular weight is 441 g/mol. The monoisotopic (exact) mass is 440 g/mol. The Morgan fingerprint density at radius 3 is 2.66 bits per heavy atom. The molecular formula is C23H29FN6O2. The maximum absolute atomic E-state index is 13.7. The number of rotatable bonds is 7. The third-order valence-electron chi connectivity index (χ3n) is 5.78. The second kappa shape index (κ2) is 9.62. The van der Waals surface area contributed by atoms with E-state index >= 15 is 0 Å². The highest BCUT2D eigenvalue weighted by Gasteiger charge is 2.27. The molecule has 2 N–H and O–H groups in total. The van der Waals surface area contributed by atoms with Crippen molar-refractivity contribution in [2.45, 2.75) is 31.8 Å². The molecule has 0 spiro atoms. The number of nitrogens with zero attached hydrogens (tertiary/aromatic N) is 4. The maximum Gasteiger partial charge on any atom is 0.275 e. The first-order chi connectivity index (χ1) is 15.5. The SMILES string of the molecule is COC[C@H](C)Nc1nccc(-c2c(-c3ccc(F)cc3)c(=O)n(C3CCNCC3)n2C)n1. The van der Waals surface area contributed by atoms with Crippen molar-refractivity contribution in [3.63, 3.8) is 0 Å². The normalized spacial score (nSPS) is 15.6. The minimum atomic E-state index is -0.342. The molecule has 0 saturated carbocycles. The first-order valence-corrected chi connectivity index (χ1v) is 10.9. The van der Waals surface area contributed by atoms with Gasteiger partial charge in [-0.05, 0) is 56.6 Å². The molecule has 1 aromatic carbocycles. The lowest BCUT2D eigenvalue weighted by atomic mass is 10.0. The highest BCUT2D eigenvalue weighted by atomic mass is 19.1. The fraction of sp³-hybridized carbons (Fsp3) is 0.435. The van der Waals surface area contributed by atoms with Crippen LogP contribution in [0.15, 0.2) is 41.3 Å². The Morgan fingerprint density at radius 1 is 1.25 bits per heavy atom. The lowest BCUT2D eigenvalue weighted by molar-refractivity contribution is 0.190. The van der Waals surface area contributed by atoms with Crippen molar-refractivity contribution in [1.29, 1.82) is 0 Å². The van der Waals surface area contributed by atoms with Crippen LogP contribution in [0.4, 0.5) is 10.3 Å². The standard InChI is InChI=1S/C23H29FN6O2/c1-15(14-32-3)27-23-26-13-10-19(28-23)21-20(16-4-6-17(24)7-5-16)22(31)30(29(21)2)18-8-11-25-12-9-18/h4-7,10,13,15,18,25H,8-9,11-12,14H2,1-3H3,(H,26,27,28)/t15-/m0/s1. The van der Waals surface area contributed by atoms with Crippen LogP contribution in [0.25, 0.3) is 22.5 Å². The minimum Gasteiger partial charge on any atom is -0.383 e. The number of hydrogen-bond donors (Lipinski definition) is 2. The van der Waals surface area contributed by atoms with Crippen LogP contribution >= 0.6 is 0 Å². The molecule has 170 valence electrons. The summed E-state index contributed by atoms with van der Waals surface area (Å²) < 4.78 is 22.5. The van der Waals surface area contributed by atoms with Gasteiger partial charge in [0.25, 0.3) is 5.56 Å². The molecule has 0 unspecified atom stereocenters. The summed E-state index contributed by atoms with van der Waals surface area (Å²) in [7, 11) is 3.53. The molecule has 1 aliphatic heterocycles. The molecule has 32 heavy (non-hydrogen) atoms. The van der Waals surface area contributed by atoms with Gasteiger partial charge in [-0.2, -0.15) is 0 Å². The van der Waals surface area contributed by atoms with Crippen molar-refractivity contribution in [1.82, 2.24) is 24.6 Å². The zero-order chi connectivity index (χ0) is 22.7. The Labute approximate surface area is 186 Å². The van der Waals surface area contributed by atoms with Gasteiger partial charge in [-0.25, -0.2) is 19.0 Å². The smallest absolute Gasteiger partial charge is 0.275 e. The molecule has 0 amide bonds. The van der Waals surface area contributed by atoms with E-state index in [0.717, 1.165) is 25.9 Å². The molecule has 3 heterocycles. The zero-order valence-electron chi connectivity index (χ0n) is 18.6. The highest BCUT2D eigenvalue weighted by molar-refractivity contribution is 5.79. The third kappa shape index (κ3) is 4.44. The van der Waals surface area contributed by atoms with Gasteiger partial charge in [0.1, 0.15) is 5.82 Å². The summed E-state index contributed by atoms with van der Waals surface area (Å²) in [6, 6.07) is 7.94. The molecule has 3 aromatic rings. The van der Waals surface area contributed by atoms with Gasteiger partial charge in [0, 0.05) is 26.4 Å². The van der Waals surface area contributed by atoms with Crippen LogP contribution in [0.1, 0.15) is 25.8 Å². The van der Waals surface area contributed by atoms with Gasteiger partial charge < -0.3 is 15.4 Å². The summed E-state index contributed by atoms with van der Waals surface area (Å²) in [6.45, 7) is 4.22. The lowest BCUT2D eigenvalue weighted by Crippen LogP contribution is -2.35. The van der Waals surface area contributed by atoms with Crippen LogP contribution in [0.3, 0.4) is 0 Å². The molecule has 1 atom stereocenters. The van der Waals surface area contributed by atoms with Gasteiger partial charge in [0.2, 0.25) is 5.95 Å². The summed E-state index contributed by atoms with van der Waals surface area (Å²) in [5.41, 5.74) is 2.39. The molecule has 0 radical (unpaired) electrons. The summed E-state index contributed by atoms with van der Waals surface area (Å²) in [6.07, 6.45) is 3.40. The summed E-state index contributed by atoms with van der Waals surface area (Å²) in [5, 5.41) is 6.57. The lowest BCUT2D eigenvalue weighted by Gasteiger charge is -2.25. The quantitative estimate of drug-likeness (QED) is 0.588. The number of ether oxygens (including phenoxy) is 1. The van der Waals surface area contributed by atoms with Gasteiger partial charge in [0.05, 0.1) is 29.6 Å². The van der Waals surface area contributed by atoms with Crippen molar-refractivity contribution in [2.24, 2.45) is 7.05 Å². The van der Waals surface area contributed by atoms with E-state index in [4.69, 9.17) is 9.72 Å². The Morgan fingerprint density at radius 2 is 1.97 bits per heavy atom. The number of anilines is 1. The summed E-state index contributed by atoms with van der Waals surface area (Å²) in [5.74, 6) is 0.115. The van der Waals surface area contributed by atoms with Crippen molar-refractivity contribution in [3.8, 4) is 22.5 Å². The molecule has 8 nitrogen and oxygen atoms in total. The van der Waals surface area contributed by atoms with Crippen molar-refractivity contribution < 1.29 is 9.13 Å². The molecule has 1 saturated heterocycles. The molecule has 9 heteroatoms. The maximum atomic E-state index is 13.7. The van der Waals surface area contributed by atoms with Gasteiger partial charge in [-0.15, -0.1) is 0 Å². The first-order valence-electron chi connectivity index (χ1n) is 10.9. The van der Waals surface area contributed by atoms with Crippen LogP contribution < -0.4 is 16.2 Å². The number of benzene rings is 1. The Hall–Kier alpha value is -3.04. The van der Waals surface area contributed by atoms with E-state index in [0.29, 0.717) is 35.1 Å². The predicted molar refractivity (Wildman–Crippen MR) is 122 cm³/mol. The molecular weight excluding hydrogens is 411 g/mol. The molecule has 4 rings (SSSR count). The summed E-state index contributed by atoms with van der Waals surface area (Å²) in [4.78, 5) is 22.7. The summed E-state index contributed by atoms with van der Waals surface area (Å²) >= 11 is 0. The van der Waals surface area contributed by atoms with E-state index in [1.54, 1.807) is 31.5 Å². The largest absolute Gasteiger partial charge is 0.383 e. The topological polar surface area (TPSA) is 86.0 Å². The first kappa shape index (κ1) is 22.2. The van der Waals surface area contributed by atoms with Crippen LogP contribution in [-0.4, -0.2) is 52.2 Å². The van der Waals surface area contributed by atoms with Gasteiger partial charge in [0.15, 0.2) is 0 Å². The van der Waals surface area contributed by atoms with Crippen molar-refractivity contribution in [3.05, 3.63) is 52.7 Å². The van der Waals surface area contributed by atoms with E-state index in [9.17, 15) is 9.18 Å². The van der Waals surface area contributed by atoms with Gasteiger partial charge >= 0.3 is 0 Å². The number of nitrogens with one attached hydrogen (secondary N) is 2. The second-order valence-corrected chi connectivity index (χ2v) is 8.15. The fourth-order valence-corrected chi connectivity index (χ4v) is 4.33. The number of aromatic nitrogens is 4.